The molecule has 11 heavy (non-hydrogen) atoms. The van der Waals surface area contributed by atoms with E-state index < -0.39 is 18.6 Å². The zero-order valence-corrected chi connectivity index (χ0v) is 6.10. The Morgan fingerprint density at radius 3 is 2.45 bits per heavy atom. The molecule has 0 aromatic heterocycles. The molecule has 0 aliphatic carbocycles. The Morgan fingerprint density at radius 1 is 1.55 bits per heavy atom. The minimum absolute atomic E-state index is 0.0154. The summed E-state index contributed by atoms with van der Waals surface area (Å²) in [4.78, 5) is 0. The summed E-state index contributed by atoms with van der Waals surface area (Å²) >= 11 is 0. The second-order valence-electron chi connectivity index (χ2n) is 2.20. The summed E-state index contributed by atoms with van der Waals surface area (Å²) in [6, 6.07) is 0. The van der Waals surface area contributed by atoms with Crippen LogP contribution in [0.3, 0.4) is 0 Å². The summed E-state index contributed by atoms with van der Waals surface area (Å²) < 4.78 is 4.48. The third kappa shape index (κ3) is 5.08. The average Bonchev–Trinajstić information content (AvgIpc) is 2.00. The molecule has 0 fully saturated rings. The third-order valence-corrected chi connectivity index (χ3v) is 1.02. The van der Waals surface area contributed by atoms with Gasteiger partial charge in [-0.05, 0) is 0 Å². The van der Waals surface area contributed by atoms with E-state index in [9.17, 15) is 0 Å². The van der Waals surface area contributed by atoms with Crippen molar-refractivity contribution in [3.8, 4) is 0 Å². The Hall–Kier alpha value is -0.240. The molecule has 2 atom stereocenters. The third-order valence-electron chi connectivity index (χ3n) is 1.02. The number of aliphatic hydroxyl groups excluding tert-OH is 2. The molecule has 0 radical (unpaired) electrons. The normalized spacial score (nSPS) is 19.4. The lowest BCUT2D eigenvalue weighted by molar-refractivity contribution is -0.229. The molecule has 7 N–H and O–H groups in total. The largest absolute Gasteiger partial charge is 0.389 e. The lowest BCUT2D eigenvalue weighted by Gasteiger charge is -2.21. The quantitative estimate of drug-likeness (QED) is 0.276. The smallest absolute Gasteiger partial charge is 0.246 e. The van der Waals surface area contributed by atoms with Crippen LogP contribution in [-0.4, -0.2) is 47.1 Å². The standard InChI is InChI=1S/C5H14N2O4/c6-1-4(9)2-11-5(7,10)3-8/h4,8-10H,1-3,6-7H2. The summed E-state index contributed by atoms with van der Waals surface area (Å²) in [5.41, 5.74) is 9.98. The summed E-state index contributed by atoms with van der Waals surface area (Å²) in [5, 5.41) is 26.0. The van der Waals surface area contributed by atoms with Crippen molar-refractivity contribution < 1.29 is 20.1 Å². The molecule has 0 aromatic rings. The van der Waals surface area contributed by atoms with Gasteiger partial charge in [-0.25, -0.2) is 0 Å². The minimum Gasteiger partial charge on any atom is -0.389 e. The predicted molar refractivity (Wildman–Crippen MR) is 37.2 cm³/mol. The van der Waals surface area contributed by atoms with Crippen LogP contribution in [0, 0.1) is 0 Å². The number of nitrogens with two attached hydrogens (primary N) is 2. The van der Waals surface area contributed by atoms with Gasteiger partial charge >= 0.3 is 0 Å². The molecular formula is C5H14N2O4. The number of aliphatic hydroxyl groups is 3. The molecule has 0 heterocycles. The molecule has 68 valence electrons. The number of hydrogen-bond donors (Lipinski definition) is 5. The first-order valence-corrected chi connectivity index (χ1v) is 3.16. The molecule has 0 aliphatic rings. The molecule has 2 unspecified atom stereocenters. The molecule has 0 aromatic carbocycles. The van der Waals surface area contributed by atoms with Crippen LogP contribution in [0.25, 0.3) is 0 Å². The monoisotopic (exact) mass is 166 g/mol. The van der Waals surface area contributed by atoms with Gasteiger partial charge in [0.2, 0.25) is 5.91 Å². The highest BCUT2D eigenvalue weighted by molar-refractivity contribution is 4.58. The maximum atomic E-state index is 8.82. The average molecular weight is 166 g/mol. The maximum absolute atomic E-state index is 8.82. The minimum atomic E-state index is -2.09. The van der Waals surface area contributed by atoms with Crippen LogP contribution in [0.2, 0.25) is 0 Å². The fraction of sp³-hybridized carbons (Fsp3) is 1.00. The van der Waals surface area contributed by atoms with E-state index in [-0.39, 0.29) is 13.2 Å². The summed E-state index contributed by atoms with van der Waals surface area (Å²) in [7, 11) is 0. The van der Waals surface area contributed by atoms with E-state index in [1.165, 1.54) is 0 Å². The van der Waals surface area contributed by atoms with Gasteiger partial charge in [0.15, 0.2) is 0 Å². The fourth-order valence-corrected chi connectivity index (χ4v) is 0.354. The van der Waals surface area contributed by atoms with Gasteiger partial charge in [-0.3, -0.25) is 5.73 Å². The van der Waals surface area contributed by atoms with Gasteiger partial charge in [0.25, 0.3) is 0 Å². The molecule has 0 saturated carbocycles. The second-order valence-corrected chi connectivity index (χ2v) is 2.20. The topological polar surface area (TPSA) is 122 Å². The van der Waals surface area contributed by atoms with E-state index in [1.54, 1.807) is 0 Å². The molecule has 0 saturated heterocycles. The first kappa shape index (κ1) is 10.8. The van der Waals surface area contributed by atoms with Crippen molar-refractivity contribution in [3.63, 3.8) is 0 Å². The first-order valence-electron chi connectivity index (χ1n) is 3.16. The SMILES string of the molecule is NCC(O)COC(N)(O)CO. The Labute approximate surface area is 64.4 Å². The Kier molecular flexibility index (Phi) is 4.50. The van der Waals surface area contributed by atoms with E-state index in [0.717, 1.165) is 0 Å². The molecule has 0 aliphatic heterocycles. The van der Waals surface area contributed by atoms with E-state index in [0.29, 0.717) is 0 Å². The Balaban J connectivity index is 3.52. The molecule has 0 rings (SSSR count). The zero-order valence-electron chi connectivity index (χ0n) is 6.10. The van der Waals surface area contributed by atoms with Gasteiger partial charge < -0.3 is 25.8 Å². The van der Waals surface area contributed by atoms with Crippen molar-refractivity contribution in [1.82, 2.24) is 0 Å². The van der Waals surface area contributed by atoms with Crippen LogP contribution in [0.4, 0.5) is 0 Å². The van der Waals surface area contributed by atoms with Crippen molar-refractivity contribution in [1.29, 1.82) is 0 Å². The van der Waals surface area contributed by atoms with E-state index in [1.807, 2.05) is 0 Å². The number of hydrogen-bond acceptors (Lipinski definition) is 6. The molecular weight excluding hydrogens is 152 g/mol. The summed E-state index contributed by atoms with van der Waals surface area (Å²) in [5.74, 6) is -2.09. The first-order chi connectivity index (χ1) is 5.02. The van der Waals surface area contributed by atoms with Crippen molar-refractivity contribution in [2.75, 3.05) is 19.8 Å². The van der Waals surface area contributed by atoms with Crippen LogP contribution in [0.5, 0.6) is 0 Å². The van der Waals surface area contributed by atoms with Gasteiger partial charge in [-0.15, -0.1) is 0 Å². The van der Waals surface area contributed by atoms with Crippen LogP contribution in [0.1, 0.15) is 0 Å². The van der Waals surface area contributed by atoms with Crippen molar-refractivity contribution in [2.45, 2.75) is 12.0 Å². The number of ether oxygens (including phenoxy) is 1. The van der Waals surface area contributed by atoms with Gasteiger partial charge in [-0.1, -0.05) is 0 Å². The lowest BCUT2D eigenvalue weighted by Crippen LogP contribution is -2.48. The molecule has 0 amide bonds. The lowest BCUT2D eigenvalue weighted by atomic mass is 10.4. The van der Waals surface area contributed by atoms with Gasteiger partial charge in [0.05, 0.1) is 12.7 Å². The highest BCUT2D eigenvalue weighted by Crippen LogP contribution is 1.96. The van der Waals surface area contributed by atoms with Crippen LogP contribution in [0.15, 0.2) is 0 Å². The summed E-state index contributed by atoms with van der Waals surface area (Å²) in [6.45, 7) is -0.921. The Morgan fingerprint density at radius 2 is 2.09 bits per heavy atom. The summed E-state index contributed by atoms with van der Waals surface area (Å²) in [6.07, 6.45) is -0.878. The van der Waals surface area contributed by atoms with Gasteiger partial charge in [-0.2, -0.15) is 0 Å². The van der Waals surface area contributed by atoms with Crippen molar-refractivity contribution in [2.24, 2.45) is 11.5 Å². The number of rotatable bonds is 5. The highest BCUT2D eigenvalue weighted by atomic mass is 16.7. The van der Waals surface area contributed by atoms with Crippen molar-refractivity contribution in [3.05, 3.63) is 0 Å². The van der Waals surface area contributed by atoms with Crippen LogP contribution in [-0.2, 0) is 4.74 Å². The second kappa shape index (κ2) is 4.60. The van der Waals surface area contributed by atoms with Gasteiger partial charge in [0.1, 0.15) is 6.61 Å². The molecule has 6 heteroatoms. The van der Waals surface area contributed by atoms with E-state index >= 15 is 0 Å². The van der Waals surface area contributed by atoms with Gasteiger partial charge in [0, 0.05) is 6.54 Å². The van der Waals surface area contributed by atoms with E-state index in [2.05, 4.69) is 4.74 Å². The van der Waals surface area contributed by atoms with Crippen LogP contribution < -0.4 is 11.5 Å². The fourth-order valence-electron chi connectivity index (χ4n) is 0.354. The Bertz CT molecular complexity index is 109. The maximum Gasteiger partial charge on any atom is 0.246 e. The molecule has 0 spiro atoms. The molecule has 6 nitrogen and oxygen atoms in total. The zero-order chi connectivity index (χ0) is 8.91. The molecule has 0 bridgehead atoms. The highest BCUT2D eigenvalue weighted by Gasteiger charge is 2.21. The predicted octanol–water partition coefficient (Wildman–Crippen LogP) is -3.08. The van der Waals surface area contributed by atoms with Crippen molar-refractivity contribution >= 4 is 0 Å². The van der Waals surface area contributed by atoms with Crippen LogP contribution >= 0.6 is 0 Å². The van der Waals surface area contributed by atoms with E-state index in [4.69, 9.17) is 26.8 Å².